The van der Waals surface area contributed by atoms with E-state index in [1.165, 1.54) is 0 Å². The first kappa shape index (κ1) is 22.2. The van der Waals surface area contributed by atoms with Crippen molar-refractivity contribution in [3.63, 3.8) is 0 Å². The maximum atomic E-state index is 13.0. The first-order valence-electron chi connectivity index (χ1n) is 10.6. The van der Waals surface area contributed by atoms with Crippen molar-refractivity contribution in [3.05, 3.63) is 71.7 Å². The number of hydroxylamine groups is 1. The Labute approximate surface area is 191 Å². The van der Waals surface area contributed by atoms with Crippen molar-refractivity contribution in [2.75, 3.05) is 18.8 Å². The van der Waals surface area contributed by atoms with Gasteiger partial charge in [-0.25, -0.2) is 15.3 Å². The number of hydrogen-bond donors (Lipinski definition) is 2. The number of aromatic nitrogens is 1. The lowest BCUT2D eigenvalue weighted by Crippen LogP contribution is -2.46. The van der Waals surface area contributed by atoms with Gasteiger partial charge < -0.3 is 15.0 Å². The van der Waals surface area contributed by atoms with E-state index in [9.17, 15) is 9.59 Å². The van der Waals surface area contributed by atoms with E-state index in [0.29, 0.717) is 38.0 Å². The molecule has 0 unspecified atom stereocenters. The van der Waals surface area contributed by atoms with Gasteiger partial charge in [0.05, 0.1) is 5.56 Å². The van der Waals surface area contributed by atoms with Crippen LogP contribution in [-0.2, 0) is 16.1 Å². The van der Waals surface area contributed by atoms with Crippen molar-refractivity contribution in [2.45, 2.75) is 36.9 Å². The summed E-state index contributed by atoms with van der Waals surface area (Å²) < 4.78 is 5.33. The average molecular weight is 455 g/mol. The van der Waals surface area contributed by atoms with Crippen LogP contribution in [0.15, 0.2) is 65.6 Å². The molecule has 32 heavy (non-hydrogen) atoms. The highest BCUT2D eigenvalue weighted by atomic mass is 32.2. The predicted molar refractivity (Wildman–Crippen MR) is 121 cm³/mol. The number of benzene rings is 1. The van der Waals surface area contributed by atoms with Crippen LogP contribution in [-0.4, -0.2) is 46.3 Å². The van der Waals surface area contributed by atoms with Crippen molar-refractivity contribution in [3.8, 4) is 0 Å². The van der Waals surface area contributed by atoms with E-state index in [-0.39, 0.29) is 11.8 Å². The van der Waals surface area contributed by atoms with Gasteiger partial charge in [-0.05, 0) is 23.4 Å². The van der Waals surface area contributed by atoms with E-state index < -0.39 is 11.7 Å². The maximum absolute atomic E-state index is 13.0. The summed E-state index contributed by atoms with van der Waals surface area (Å²) in [6, 6.07) is 13.2. The number of thioether (sulfide) groups is 1. The first-order chi connectivity index (χ1) is 15.6. The molecule has 0 saturated carbocycles. The molecule has 168 valence electrons. The molecule has 2 aliphatic rings. The lowest BCUT2D eigenvalue weighted by atomic mass is 9.91. The highest BCUT2D eigenvalue weighted by Gasteiger charge is 2.41. The van der Waals surface area contributed by atoms with Crippen molar-refractivity contribution < 1.29 is 19.2 Å². The summed E-state index contributed by atoms with van der Waals surface area (Å²) in [5.41, 5.74) is 3.73. The normalized spacial score (nSPS) is 16.9. The molecule has 1 spiro atoms. The fourth-order valence-electron chi connectivity index (χ4n) is 3.72. The minimum Gasteiger partial charge on any atom is -0.392 e. The standard InChI is InChI=1S/C23H26N4O4S/c1-2-32-20-18(9-6-12-24-20)21(28)27-13-10-23(11-14-27)15-19(26-31-23)30-22(29)25-16-17-7-4-3-5-8-17/h3-9,12,15,26H,2,10-11,13-14,16H2,1H3,(H,25,29). The van der Waals surface area contributed by atoms with E-state index in [1.807, 2.05) is 48.2 Å². The number of amides is 2. The van der Waals surface area contributed by atoms with Crippen LogP contribution in [0, 0.1) is 0 Å². The van der Waals surface area contributed by atoms with Gasteiger partial charge in [0.2, 0.25) is 5.88 Å². The third-order valence-corrected chi connectivity index (χ3v) is 6.30. The number of hydrogen-bond acceptors (Lipinski definition) is 7. The van der Waals surface area contributed by atoms with Crippen LogP contribution in [0.2, 0.25) is 0 Å². The molecule has 0 aliphatic carbocycles. The molecule has 2 N–H and O–H groups in total. The lowest BCUT2D eigenvalue weighted by molar-refractivity contribution is -0.0770. The summed E-state index contributed by atoms with van der Waals surface area (Å²) in [5.74, 6) is 1.10. The predicted octanol–water partition coefficient (Wildman–Crippen LogP) is 3.47. The van der Waals surface area contributed by atoms with Crippen LogP contribution < -0.4 is 10.8 Å². The van der Waals surface area contributed by atoms with E-state index in [4.69, 9.17) is 9.57 Å². The smallest absolute Gasteiger partial charge is 0.392 e. The maximum Gasteiger partial charge on any atom is 0.414 e. The molecule has 3 heterocycles. The number of likely N-dealkylation sites (tertiary alicyclic amines) is 1. The van der Waals surface area contributed by atoms with E-state index in [0.717, 1.165) is 16.3 Å². The SMILES string of the molecule is CCSc1ncccc1C(=O)N1CCC2(C=C(OC(=O)NCc3ccccc3)NO2)CC1. The van der Waals surface area contributed by atoms with Gasteiger partial charge in [0.15, 0.2) is 0 Å². The quantitative estimate of drug-likeness (QED) is 0.646. The number of alkyl carbamates (subject to hydrolysis) is 1. The summed E-state index contributed by atoms with van der Waals surface area (Å²) in [7, 11) is 0. The molecule has 1 fully saturated rings. The fraction of sp³-hybridized carbons (Fsp3) is 0.348. The molecule has 1 aromatic heterocycles. The zero-order valence-corrected chi connectivity index (χ0v) is 18.7. The molecule has 9 heteroatoms. The van der Waals surface area contributed by atoms with Crippen LogP contribution in [0.25, 0.3) is 0 Å². The Bertz CT molecular complexity index is 991. The Morgan fingerprint density at radius 3 is 2.75 bits per heavy atom. The summed E-state index contributed by atoms with van der Waals surface area (Å²) in [5, 5.41) is 3.47. The van der Waals surface area contributed by atoms with Gasteiger partial charge in [0.1, 0.15) is 10.6 Å². The van der Waals surface area contributed by atoms with Crippen molar-refractivity contribution in [1.82, 2.24) is 20.7 Å². The van der Waals surface area contributed by atoms with E-state index >= 15 is 0 Å². The number of nitrogens with zero attached hydrogens (tertiary/aromatic N) is 2. The zero-order valence-electron chi connectivity index (χ0n) is 17.9. The van der Waals surface area contributed by atoms with Crippen molar-refractivity contribution >= 4 is 23.8 Å². The third kappa shape index (κ3) is 5.23. The molecule has 4 rings (SSSR count). The molecule has 0 atom stereocenters. The van der Waals surface area contributed by atoms with Gasteiger partial charge in [-0.3, -0.25) is 9.63 Å². The largest absolute Gasteiger partial charge is 0.414 e. The summed E-state index contributed by atoms with van der Waals surface area (Å²) in [6.07, 6.45) is 4.14. The van der Waals surface area contributed by atoms with E-state index in [1.54, 1.807) is 30.1 Å². The molecular formula is C23H26N4O4S. The van der Waals surface area contributed by atoms with E-state index in [2.05, 4.69) is 15.8 Å². The number of pyridine rings is 1. The number of piperidine rings is 1. The monoisotopic (exact) mass is 454 g/mol. The van der Waals surface area contributed by atoms with Crippen LogP contribution in [0.5, 0.6) is 0 Å². The minimum atomic E-state index is -0.595. The van der Waals surface area contributed by atoms with Crippen molar-refractivity contribution in [2.24, 2.45) is 0 Å². The van der Waals surface area contributed by atoms with Gasteiger partial charge in [0.25, 0.3) is 5.91 Å². The van der Waals surface area contributed by atoms with Gasteiger partial charge in [0, 0.05) is 44.7 Å². The van der Waals surface area contributed by atoms with Crippen molar-refractivity contribution in [1.29, 1.82) is 0 Å². The number of carbonyl (C=O) groups is 2. The third-order valence-electron chi connectivity index (χ3n) is 5.41. The van der Waals surface area contributed by atoms with Crippen LogP contribution in [0.3, 0.4) is 0 Å². The summed E-state index contributed by atoms with van der Waals surface area (Å²) >= 11 is 1.56. The first-order valence-corrected chi connectivity index (χ1v) is 11.6. The molecule has 8 nitrogen and oxygen atoms in total. The molecule has 1 saturated heterocycles. The van der Waals surface area contributed by atoms with Gasteiger partial charge >= 0.3 is 6.09 Å². The zero-order chi connectivity index (χ0) is 22.4. The van der Waals surface area contributed by atoms with Gasteiger partial charge in [-0.15, -0.1) is 11.8 Å². The van der Waals surface area contributed by atoms with Crippen LogP contribution in [0.4, 0.5) is 4.79 Å². The van der Waals surface area contributed by atoms with Crippen LogP contribution >= 0.6 is 11.8 Å². The Kier molecular flexibility index (Phi) is 6.96. The number of nitrogens with one attached hydrogen (secondary N) is 2. The second kappa shape index (κ2) is 10.1. The molecule has 2 aromatic rings. The molecule has 0 bridgehead atoms. The fourth-order valence-corrected chi connectivity index (χ4v) is 4.44. The second-order valence-corrected chi connectivity index (χ2v) is 8.84. The molecule has 1 aromatic carbocycles. The Morgan fingerprint density at radius 2 is 2.00 bits per heavy atom. The number of carbonyl (C=O) groups excluding carboxylic acids is 2. The Morgan fingerprint density at radius 1 is 1.22 bits per heavy atom. The number of rotatable bonds is 6. The molecular weight excluding hydrogens is 428 g/mol. The Hall–Kier alpha value is -3.04. The summed E-state index contributed by atoms with van der Waals surface area (Å²) in [6.45, 7) is 3.49. The van der Waals surface area contributed by atoms with Gasteiger partial charge in [-0.1, -0.05) is 37.3 Å². The summed E-state index contributed by atoms with van der Waals surface area (Å²) in [4.78, 5) is 37.0. The highest BCUT2D eigenvalue weighted by Crippen LogP contribution is 2.33. The highest BCUT2D eigenvalue weighted by molar-refractivity contribution is 7.99. The Balaban J connectivity index is 1.30. The lowest BCUT2D eigenvalue weighted by Gasteiger charge is -2.36. The van der Waals surface area contributed by atoms with Gasteiger partial charge in [-0.2, -0.15) is 0 Å². The topological polar surface area (TPSA) is 92.8 Å². The minimum absolute atomic E-state index is 0.0180. The van der Waals surface area contributed by atoms with Crippen LogP contribution in [0.1, 0.15) is 35.7 Å². The second-order valence-electron chi connectivity index (χ2n) is 7.59. The molecule has 0 radical (unpaired) electrons. The molecule has 2 aliphatic heterocycles. The number of ether oxygens (including phenoxy) is 1. The average Bonchev–Trinajstić information content (AvgIpc) is 3.20. The molecule has 2 amide bonds.